The molecule has 0 aromatic heterocycles. The van der Waals surface area contributed by atoms with E-state index < -0.39 is 6.10 Å². The minimum atomic E-state index is -0.763. The fraction of sp³-hybridized carbons (Fsp3) is 0.946. The number of ether oxygens (including phenoxy) is 3. The molecule has 1 unspecified atom stereocenters. The van der Waals surface area contributed by atoms with E-state index in [1.807, 2.05) is 0 Å². The number of hydrogen-bond donors (Lipinski definition) is 0. The van der Waals surface area contributed by atoms with Crippen LogP contribution in [0.4, 0.5) is 0 Å². The Kier molecular flexibility index (Phi) is 47.6. The summed E-state index contributed by atoms with van der Waals surface area (Å²) in [6, 6.07) is 0. The van der Waals surface area contributed by atoms with Crippen molar-refractivity contribution in [3.8, 4) is 0 Å². The van der Waals surface area contributed by atoms with Gasteiger partial charge in [0, 0.05) is 19.3 Å². The van der Waals surface area contributed by atoms with E-state index in [0.717, 1.165) is 69.6 Å². The third-order valence-corrected chi connectivity index (χ3v) is 13.1. The maximum Gasteiger partial charge on any atom is 0.306 e. The van der Waals surface area contributed by atoms with Crippen molar-refractivity contribution in [2.45, 2.75) is 317 Å². The van der Waals surface area contributed by atoms with Gasteiger partial charge in [0.05, 0.1) is 0 Å². The molecule has 368 valence electrons. The SMILES string of the molecule is CCCCCCCCCCCCCCCCCCCCCC(=O)OC[C@@H](COC(=O)CCCCCCCCCCCCCCC(C)C)OC(=O)CCCCCCCCC(C)CC. The van der Waals surface area contributed by atoms with Crippen molar-refractivity contribution in [1.29, 1.82) is 0 Å². The second-order valence-corrected chi connectivity index (χ2v) is 19.9. The molecule has 0 bridgehead atoms. The molecule has 0 aliphatic rings. The molecule has 0 radical (unpaired) electrons. The highest BCUT2D eigenvalue weighted by atomic mass is 16.6. The maximum atomic E-state index is 12.8. The van der Waals surface area contributed by atoms with Crippen molar-refractivity contribution in [2.75, 3.05) is 13.2 Å². The average molecular weight is 877 g/mol. The molecule has 6 nitrogen and oxygen atoms in total. The van der Waals surface area contributed by atoms with Crippen molar-refractivity contribution in [3.05, 3.63) is 0 Å². The van der Waals surface area contributed by atoms with Gasteiger partial charge in [0.2, 0.25) is 0 Å². The van der Waals surface area contributed by atoms with Crippen LogP contribution in [0.1, 0.15) is 311 Å². The van der Waals surface area contributed by atoms with Crippen LogP contribution in [0.3, 0.4) is 0 Å². The van der Waals surface area contributed by atoms with Crippen LogP contribution in [0.2, 0.25) is 0 Å². The van der Waals surface area contributed by atoms with Gasteiger partial charge in [-0.1, -0.05) is 272 Å². The first-order chi connectivity index (χ1) is 30.3. The summed E-state index contributed by atoms with van der Waals surface area (Å²) in [7, 11) is 0. The molecule has 0 saturated carbocycles. The third-order valence-electron chi connectivity index (χ3n) is 13.1. The summed E-state index contributed by atoms with van der Waals surface area (Å²) in [4.78, 5) is 38.0. The van der Waals surface area contributed by atoms with Gasteiger partial charge >= 0.3 is 17.9 Å². The molecule has 0 aliphatic heterocycles. The molecule has 0 N–H and O–H groups in total. The van der Waals surface area contributed by atoms with Crippen LogP contribution < -0.4 is 0 Å². The summed E-state index contributed by atoms with van der Waals surface area (Å²) in [5.41, 5.74) is 0. The summed E-state index contributed by atoms with van der Waals surface area (Å²) < 4.78 is 16.8. The molecule has 2 atom stereocenters. The van der Waals surface area contributed by atoms with Gasteiger partial charge in [-0.05, 0) is 31.1 Å². The highest BCUT2D eigenvalue weighted by Crippen LogP contribution is 2.18. The van der Waals surface area contributed by atoms with E-state index in [9.17, 15) is 14.4 Å². The lowest BCUT2D eigenvalue weighted by molar-refractivity contribution is -0.167. The summed E-state index contributed by atoms with van der Waals surface area (Å²) in [5, 5.41) is 0. The molecule has 0 fully saturated rings. The molecule has 0 rings (SSSR count). The number of esters is 3. The van der Waals surface area contributed by atoms with E-state index in [2.05, 4.69) is 34.6 Å². The molecule has 6 heteroatoms. The Hall–Kier alpha value is -1.59. The normalized spacial score (nSPS) is 12.5. The second-order valence-electron chi connectivity index (χ2n) is 19.9. The van der Waals surface area contributed by atoms with Crippen molar-refractivity contribution >= 4 is 17.9 Å². The molecular formula is C56H108O6. The van der Waals surface area contributed by atoms with Crippen LogP contribution >= 0.6 is 0 Å². The summed E-state index contributed by atoms with van der Waals surface area (Å²) in [6.07, 6.45) is 51.0. The topological polar surface area (TPSA) is 78.9 Å². The van der Waals surface area contributed by atoms with Crippen molar-refractivity contribution in [3.63, 3.8) is 0 Å². The predicted octanol–water partition coefficient (Wildman–Crippen LogP) is 18.1. The quantitative estimate of drug-likeness (QED) is 0.0344. The van der Waals surface area contributed by atoms with Crippen molar-refractivity contribution in [2.24, 2.45) is 11.8 Å². The first kappa shape index (κ1) is 60.4. The average Bonchev–Trinajstić information content (AvgIpc) is 3.26. The first-order valence-electron chi connectivity index (χ1n) is 27.8. The zero-order chi connectivity index (χ0) is 45.4. The first-order valence-corrected chi connectivity index (χ1v) is 27.8. The Labute approximate surface area is 387 Å². The Balaban J connectivity index is 4.23. The lowest BCUT2D eigenvalue weighted by atomic mass is 10.00. The predicted molar refractivity (Wildman–Crippen MR) is 266 cm³/mol. The van der Waals surface area contributed by atoms with Gasteiger partial charge in [-0.3, -0.25) is 14.4 Å². The number of hydrogen-bond acceptors (Lipinski definition) is 6. The van der Waals surface area contributed by atoms with E-state index in [1.54, 1.807) is 0 Å². The molecule has 0 saturated heterocycles. The number of rotatable bonds is 50. The molecule has 62 heavy (non-hydrogen) atoms. The van der Waals surface area contributed by atoms with E-state index in [4.69, 9.17) is 14.2 Å². The minimum Gasteiger partial charge on any atom is -0.462 e. The van der Waals surface area contributed by atoms with E-state index in [0.29, 0.717) is 19.3 Å². The zero-order valence-electron chi connectivity index (χ0n) is 42.5. The number of carbonyl (C=O) groups is 3. The molecule has 0 amide bonds. The fourth-order valence-electron chi connectivity index (χ4n) is 8.49. The van der Waals surface area contributed by atoms with Gasteiger partial charge in [0.1, 0.15) is 13.2 Å². The smallest absolute Gasteiger partial charge is 0.306 e. The monoisotopic (exact) mass is 877 g/mol. The second kappa shape index (κ2) is 48.9. The highest BCUT2D eigenvalue weighted by molar-refractivity contribution is 5.71. The van der Waals surface area contributed by atoms with Gasteiger partial charge in [-0.15, -0.1) is 0 Å². The molecule has 0 heterocycles. The van der Waals surface area contributed by atoms with Gasteiger partial charge < -0.3 is 14.2 Å². The Morgan fingerprint density at radius 2 is 0.613 bits per heavy atom. The van der Waals surface area contributed by atoms with E-state index in [1.165, 1.54) is 199 Å². The van der Waals surface area contributed by atoms with Gasteiger partial charge in [-0.2, -0.15) is 0 Å². The van der Waals surface area contributed by atoms with Gasteiger partial charge in [0.15, 0.2) is 6.10 Å². The molecule has 0 aromatic rings. The third kappa shape index (κ3) is 47.9. The van der Waals surface area contributed by atoms with Crippen molar-refractivity contribution in [1.82, 2.24) is 0 Å². The van der Waals surface area contributed by atoms with Crippen LogP contribution in [0.5, 0.6) is 0 Å². The zero-order valence-corrected chi connectivity index (χ0v) is 42.5. The molecule has 0 aliphatic carbocycles. The highest BCUT2D eigenvalue weighted by Gasteiger charge is 2.19. The number of carbonyl (C=O) groups excluding carboxylic acids is 3. The molecule has 0 aromatic carbocycles. The van der Waals surface area contributed by atoms with Gasteiger partial charge in [0.25, 0.3) is 0 Å². The van der Waals surface area contributed by atoms with Crippen LogP contribution in [0.15, 0.2) is 0 Å². The Morgan fingerprint density at radius 3 is 0.919 bits per heavy atom. The standard InChI is InChI=1S/C56H108O6/c1-6-8-9-10-11-12-13-14-15-16-17-18-19-20-24-27-30-36-41-46-54(57)60-49-53(62-56(59)48-43-38-33-32-35-40-45-52(5)7-2)50-61-55(58)47-42-37-31-28-25-22-21-23-26-29-34-39-44-51(3)4/h51-53H,6-50H2,1-5H3/t52?,53-/m0/s1. The van der Waals surface area contributed by atoms with Gasteiger partial charge in [-0.25, -0.2) is 0 Å². The maximum absolute atomic E-state index is 12.8. The number of unbranched alkanes of at least 4 members (excludes halogenated alkanes) is 34. The van der Waals surface area contributed by atoms with Crippen molar-refractivity contribution < 1.29 is 28.6 Å². The van der Waals surface area contributed by atoms with Crippen LogP contribution in [-0.4, -0.2) is 37.2 Å². The largest absolute Gasteiger partial charge is 0.462 e. The van der Waals surface area contributed by atoms with E-state index >= 15 is 0 Å². The minimum absolute atomic E-state index is 0.0642. The van der Waals surface area contributed by atoms with Crippen LogP contribution in [0.25, 0.3) is 0 Å². The summed E-state index contributed by atoms with van der Waals surface area (Å²) in [5.74, 6) is 0.796. The fourth-order valence-corrected chi connectivity index (χ4v) is 8.49. The summed E-state index contributed by atoms with van der Waals surface area (Å²) in [6.45, 7) is 11.4. The lowest BCUT2D eigenvalue weighted by Gasteiger charge is -2.18. The Morgan fingerprint density at radius 1 is 0.339 bits per heavy atom. The molecule has 0 spiro atoms. The van der Waals surface area contributed by atoms with Crippen LogP contribution in [-0.2, 0) is 28.6 Å². The van der Waals surface area contributed by atoms with E-state index in [-0.39, 0.29) is 31.1 Å². The van der Waals surface area contributed by atoms with Crippen LogP contribution in [0, 0.1) is 11.8 Å². The summed E-state index contributed by atoms with van der Waals surface area (Å²) >= 11 is 0. The Bertz CT molecular complexity index is 949. The lowest BCUT2D eigenvalue weighted by Crippen LogP contribution is -2.30. The molecular weight excluding hydrogens is 769 g/mol.